The number of carbonyl (C=O) groups is 2. The van der Waals surface area contributed by atoms with Crippen molar-refractivity contribution in [2.75, 3.05) is 11.4 Å². The average molecular weight is 362 g/mol. The van der Waals surface area contributed by atoms with E-state index in [0.29, 0.717) is 13.1 Å². The Morgan fingerprint density at radius 2 is 1.56 bits per heavy atom. The minimum absolute atomic E-state index is 0.0732. The normalized spacial score (nSPS) is 18.9. The number of amides is 2. The number of fused-ring (bicyclic) bond motifs is 2. The molecule has 0 radical (unpaired) electrons. The van der Waals surface area contributed by atoms with Crippen LogP contribution in [-0.2, 0) is 29.0 Å². The molecule has 0 bridgehead atoms. The fourth-order valence-corrected chi connectivity index (χ4v) is 4.33. The number of nitrogens with zero attached hydrogens (tertiary/aromatic N) is 2. The first kappa shape index (κ1) is 17.8. The van der Waals surface area contributed by atoms with Crippen molar-refractivity contribution in [3.63, 3.8) is 0 Å². The van der Waals surface area contributed by atoms with Crippen LogP contribution < -0.4 is 4.90 Å². The highest BCUT2D eigenvalue weighted by Crippen LogP contribution is 2.36. The fraction of sp³-hybridized carbons (Fsp3) is 0.391. The van der Waals surface area contributed by atoms with Gasteiger partial charge in [0, 0.05) is 24.8 Å². The van der Waals surface area contributed by atoms with Gasteiger partial charge in [0.15, 0.2) is 0 Å². The summed E-state index contributed by atoms with van der Waals surface area (Å²) in [5.41, 5.74) is 3.51. The molecule has 0 spiro atoms. The van der Waals surface area contributed by atoms with Gasteiger partial charge in [-0.25, -0.2) is 0 Å². The zero-order chi connectivity index (χ0) is 19.2. The van der Waals surface area contributed by atoms with Crippen LogP contribution in [0.4, 0.5) is 5.69 Å². The highest BCUT2D eigenvalue weighted by Gasteiger charge is 2.45. The topological polar surface area (TPSA) is 40.6 Å². The Hall–Kier alpha value is -2.62. The first-order valence-corrected chi connectivity index (χ1v) is 9.67. The average Bonchev–Trinajstić information content (AvgIpc) is 3.01. The van der Waals surface area contributed by atoms with Gasteiger partial charge in [-0.05, 0) is 56.4 Å². The maximum atomic E-state index is 13.4. The van der Waals surface area contributed by atoms with Crippen LogP contribution in [0.25, 0.3) is 0 Å². The lowest BCUT2D eigenvalue weighted by atomic mass is 9.87. The Morgan fingerprint density at radius 1 is 0.926 bits per heavy atom. The summed E-state index contributed by atoms with van der Waals surface area (Å²) in [7, 11) is 0. The third-order valence-electron chi connectivity index (χ3n) is 5.91. The van der Waals surface area contributed by atoms with Crippen molar-refractivity contribution in [1.29, 1.82) is 0 Å². The largest absolute Gasteiger partial charge is 0.337 e. The number of hydrogen-bond donors (Lipinski definition) is 0. The molecule has 0 fully saturated rings. The van der Waals surface area contributed by atoms with E-state index in [0.717, 1.165) is 18.5 Å². The minimum Gasteiger partial charge on any atom is -0.337 e. The Balaban J connectivity index is 1.58. The van der Waals surface area contributed by atoms with E-state index in [1.165, 1.54) is 16.7 Å². The van der Waals surface area contributed by atoms with Gasteiger partial charge < -0.3 is 9.80 Å². The van der Waals surface area contributed by atoms with Crippen LogP contribution in [0.3, 0.4) is 0 Å². The van der Waals surface area contributed by atoms with Crippen LogP contribution in [-0.4, -0.2) is 29.3 Å². The zero-order valence-electron chi connectivity index (χ0n) is 16.2. The lowest BCUT2D eigenvalue weighted by Crippen LogP contribution is -2.53. The summed E-state index contributed by atoms with van der Waals surface area (Å²) in [5.74, 6) is -0.192. The van der Waals surface area contributed by atoms with E-state index in [1.54, 1.807) is 13.8 Å². The predicted molar refractivity (Wildman–Crippen MR) is 106 cm³/mol. The molecule has 0 aliphatic carbocycles. The quantitative estimate of drug-likeness (QED) is 0.766. The lowest BCUT2D eigenvalue weighted by Gasteiger charge is -2.37. The zero-order valence-corrected chi connectivity index (χ0v) is 16.2. The molecule has 4 heteroatoms. The van der Waals surface area contributed by atoms with Gasteiger partial charge in [-0.15, -0.1) is 0 Å². The maximum Gasteiger partial charge on any atom is 0.242 e. The van der Waals surface area contributed by atoms with Gasteiger partial charge in [0.25, 0.3) is 0 Å². The summed E-state index contributed by atoms with van der Waals surface area (Å²) in [4.78, 5) is 30.4. The summed E-state index contributed by atoms with van der Waals surface area (Å²) in [5, 5.41) is 0. The molecule has 2 aliphatic heterocycles. The highest BCUT2D eigenvalue weighted by molar-refractivity contribution is 6.12. The molecule has 1 atom stereocenters. The number of para-hydroxylation sites is 1. The van der Waals surface area contributed by atoms with Gasteiger partial charge in [-0.3, -0.25) is 9.59 Å². The fourth-order valence-electron chi connectivity index (χ4n) is 4.33. The van der Waals surface area contributed by atoms with E-state index in [9.17, 15) is 9.59 Å². The summed E-state index contributed by atoms with van der Waals surface area (Å²) < 4.78 is 0. The van der Waals surface area contributed by atoms with Gasteiger partial charge in [-0.2, -0.15) is 0 Å². The molecule has 27 heavy (non-hydrogen) atoms. The summed E-state index contributed by atoms with van der Waals surface area (Å²) in [6.45, 7) is 6.84. The molecular formula is C23H26N2O2. The molecule has 1 unspecified atom stereocenters. The van der Waals surface area contributed by atoms with E-state index in [1.807, 2.05) is 40.1 Å². The van der Waals surface area contributed by atoms with Crippen molar-refractivity contribution >= 4 is 17.5 Å². The third kappa shape index (κ3) is 2.93. The number of hydrogen-bond acceptors (Lipinski definition) is 2. The first-order valence-electron chi connectivity index (χ1n) is 9.67. The Bertz CT molecular complexity index is 903. The SMILES string of the molecule is CC1Cc2ccccc2N1C(=O)C(C)(C)C(=O)N1CCc2ccccc2C1. The Morgan fingerprint density at radius 3 is 2.30 bits per heavy atom. The van der Waals surface area contributed by atoms with Crippen LogP contribution in [0.1, 0.15) is 37.5 Å². The van der Waals surface area contributed by atoms with Crippen LogP contribution in [0.5, 0.6) is 0 Å². The van der Waals surface area contributed by atoms with E-state index < -0.39 is 5.41 Å². The molecule has 0 aromatic heterocycles. The second-order valence-electron chi connectivity index (χ2n) is 8.23. The summed E-state index contributed by atoms with van der Waals surface area (Å²) in [6.07, 6.45) is 1.68. The number of anilines is 1. The molecule has 2 aliphatic rings. The molecule has 0 N–H and O–H groups in total. The van der Waals surface area contributed by atoms with Gasteiger partial charge >= 0.3 is 0 Å². The van der Waals surface area contributed by atoms with E-state index in [2.05, 4.69) is 25.1 Å². The van der Waals surface area contributed by atoms with Crippen LogP contribution >= 0.6 is 0 Å². The standard InChI is InChI=1S/C23H26N2O2/c1-16-14-18-9-6-7-11-20(18)25(16)22(27)23(2,3)21(26)24-13-12-17-8-4-5-10-19(17)15-24/h4-11,16H,12-15H2,1-3H3. The molecule has 2 heterocycles. The van der Waals surface area contributed by atoms with Crippen molar-refractivity contribution in [2.45, 2.75) is 46.2 Å². The molecule has 2 aromatic rings. The predicted octanol–water partition coefficient (Wildman–Crippen LogP) is 3.58. The van der Waals surface area contributed by atoms with Gasteiger partial charge in [0.05, 0.1) is 0 Å². The maximum absolute atomic E-state index is 13.4. The van der Waals surface area contributed by atoms with Gasteiger partial charge in [0.1, 0.15) is 5.41 Å². The third-order valence-corrected chi connectivity index (χ3v) is 5.91. The summed E-state index contributed by atoms with van der Waals surface area (Å²) >= 11 is 0. The number of carbonyl (C=O) groups excluding carboxylic acids is 2. The molecule has 2 aromatic carbocycles. The molecular weight excluding hydrogens is 336 g/mol. The van der Waals surface area contributed by atoms with E-state index in [4.69, 9.17) is 0 Å². The first-order chi connectivity index (χ1) is 12.9. The van der Waals surface area contributed by atoms with Crippen LogP contribution in [0.2, 0.25) is 0 Å². The molecule has 4 nitrogen and oxygen atoms in total. The minimum atomic E-state index is -1.09. The Kier molecular flexibility index (Phi) is 4.29. The number of benzene rings is 2. The monoisotopic (exact) mass is 362 g/mol. The molecule has 140 valence electrons. The van der Waals surface area contributed by atoms with Crippen molar-refractivity contribution in [3.05, 3.63) is 65.2 Å². The number of rotatable bonds is 2. The molecule has 0 saturated heterocycles. The van der Waals surface area contributed by atoms with E-state index in [-0.39, 0.29) is 17.9 Å². The van der Waals surface area contributed by atoms with Crippen LogP contribution in [0, 0.1) is 5.41 Å². The van der Waals surface area contributed by atoms with Crippen LogP contribution in [0.15, 0.2) is 48.5 Å². The molecule has 4 rings (SSSR count). The second-order valence-corrected chi connectivity index (χ2v) is 8.23. The summed E-state index contributed by atoms with van der Waals surface area (Å²) in [6, 6.07) is 16.3. The van der Waals surface area contributed by atoms with Gasteiger partial charge in [0.2, 0.25) is 11.8 Å². The Labute approximate surface area is 160 Å². The highest BCUT2D eigenvalue weighted by atomic mass is 16.2. The van der Waals surface area contributed by atoms with Crippen molar-refractivity contribution in [1.82, 2.24) is 4.90 Å². The van der Waals surface area contributed by atoms with Crippen molar-refractivity contribution < 1.29 is 9.59 Å². The van der Waals surface area contributed by atoms with E-state index >= 15 is 0 Å². The molecule has 0 saturated carbocycles. The van der Waals surface area contributed by atoms with Gasteiger partial charge in [-0.1, -0.05) is 42.5 Å². The van der Waals surface area contributed by atoms with Crippen molar-refractivity contribution in [2.24, 2.45) is 5.41 Å². The lowest BCUT2D eigenvalue weighted by molar-refractivity contribution is -0.148. The smallest absolute Gasteiger partial charge is 0.242 e. The second kappa shape index (κ2) is 6.52. The van der Waals surface area contributed by atoms with Crippen molar-refractivity contribution in [3.8, 4) is 0 Å². The molecule has 2 amide bonds.